The van der Waals surface area contributed by atoms with Crippen LogP contribution in [0.5, 0.6) is 0 Å². The molecule has 3 nitrogen and oxygen atoms in total. The third kappa shape index (κ3) is 2.03. The van der Waals surface area contributed by atoms with Crippen LogP contribution in [0.3, 0.4) is 0 Å². The molecule has 98 valence electrons. The Morgan fingerprint density at radius 3 is 2.50 bits per heavy atom. The predicted octanol–water partition coefficient (Wildman–Crippen LogP) is 2.78. The highest BCUT2D eigenvalue weighted by atomic mass is 16.4. The molecule has 1 fully saturated rings. The van der Waals surface area contributed by atoms with Gasteiger partial charge in [-0.25, -0.2) is 4.79 Å². The standard InChI is InChI=1S/C15H21NO2/c1-4-16(12-9-10-12)15(3,14(17)18)13-8-6-5-7-11(13)2/h5-8,12H,4,9-10H2,1-3H3,(H,17,18). The van der Waals surface area contributed by atoms with Crippen LogP contribution in [0.4, 0.5) is 0 Å². The Morgan fingerprint density at radius 2 is 2.06 bits per heavy atom. The lowest BCUT2D eigenvalue weighted by Crippen LogP contribution is -2.51. The van der Waals surface area contributed by atoms with E-state index in [9.17, 15) is 9.90 Å². The minimum Gasteiger partial charge on any atom is -0.480 e. The molecular weight excluding hydrogens is 226 g/mol. The van der Waals surface area contributed by atoms with Crippen LogP contribution in [0.1, 0.15) is 37.8 Å². The molecule has 1 aliphatic rings. The van der Waals surface area contributed by atoms with Gasteiger partial charge in [-0.1, -0.05) is 31.2 Å². The summed E-state index contributed by atoms with van der Waals surface area (Å²) in [7, 11) is 0. The predicted molar refractivity (Wildman–Crippen MR) is 71.6 cm³/mol. The summed E-state index contributed by atoms with van der Waals surface area (Å²) in [5, 5.41) is 9.75. The fourth-order valence-electron chi connectivity index (χ4n) is 2.84. The Bertz CT molecular complexity index is 454. The van der Waals surface area contributed by atoms with E-state index in [1.165, 1.54) is 0 Å². The molecule has 1 atom stereocenters. The number of hydrogen-bond donors (Lipinski definition) is 1. The lowest BCUT2D eigenvalue weighted by atomic mass is 9.86. The van der Waals surface area contributed by atoms with Gasteiger partial charge < -0.3 is 5.11 Å². The smallest absolute Gasteiger partial charge is 0.328 e. The number of likely N-dealkylation sites (N-methyl/N-ethyl adjacent to an activating group) is 1. The van der Waals surface area contributed by atoms with Gasteiger partial charge in [-0.05, 0) is 44.4 Å². The van der Waals surface area contributed by atoms with E-state index < -0.39 is 11.5 Å². The average molecular weight is 247 g/mol. The summed E-state index contributed by atoms with van der Waals surface area (Å²) in [5.74, 6) is -0.759. The van der Waals surface area contributed by atoms with Gasteiger partial charge in [0, 0.05) is 6.04 Å². The third-order valence-electron chi connectivity index (χ3n) is 3.99. The SMILES string of the molecule is CCN(C1CC1)C(C)(C(=O)O)c1ccccc1C. The van der Waals surface area contributed by atoms with Crippen molar-refractivity contribution >= 4 is 5.97 Å². The summed E-state index contributed by atoms with van der Waals surface area (Å²) in [4.78, 5) is 14.0. The maximum absolute atomic E-state index is 11.9. The fourth-order valence-corrected chi connectivity index (χ4v) is 2.84. The second kappa shape index (κ2) is 4.73. The van der Waals surface area contributed by atoms with Gasteiger partial charge in [-0.15, -0.1) is 0 Å². The quantitative estimate of drug-likeness (QED) is 0.869. The maximum atomic E-state index is 11.9. The molecule has 2 rings (SSSR count). The number of carboxylic acid groups (broad SMARTS) is 1. The van der Waals surface area contributed by atoms with Crippen molar-refractivity contribution in [1.29, 1.82) is 0 Å². The van der Waals surface area contributed by atoms with Gasteiger partial charge in [0.2, 0.25) is 0 Å². The first-order valence-electron chi connectivity index (χ1n) is 6.58. The number of aliphatic carboxylic acids is 1. The molecule has 18 heavy (non-hydrogen) atoms. The van der Waals surface area contributed by atoms with E-state index in [1.807, 2.05) is 45.0 Å². The summed E-state index contributed by atoms with van der Waals surface area (Å²) in [6, 6.07) is 8.22. The first-order chi connectivity index (χ1) is 8.51. The molecule has 0 spiro atoms. The van der Waals surface area contributed by atoms with Crippen LogP contribution in [-0.4, -0.2) is 28.6 Å². The molecule has 0 aliphatic heterocycles. The number of aryl methyl sites for hydroxylation is 1. The van der Waals surface area contributed by atoms with E-state index in [1.54, 1.807) is 0 Å². The van der Waals surface area contributed by atoms with Gasteiger partial charge >= 0.3 is 5.97 Å². The van der Waals surface area contributed by atoms with Crippen molar-refractivity contribution in [3.8, 4) is 0 Å². The molecule has 0 bridgehead atoms. The molecule has 0 heterocycles. The minimum absolute atomic E-state index is 0.427. The summed E-state index contributed by atoms with van der Waals surface area (Å²) >= 11 is 0. The van der Waals surface area contributed by atoms with Gasteiger partial charge in [0.15, 0.2) is 0 Å². The average Bonchev–Trinajstić information content (AvgIpc) is 3.14. The zero-order chi connectivity index (χ0) is 13.3. The van der Waals surface area contributed by atoms with E-state index in [4.69, 9.17) is 0 Å². The zero-order valence-corrected chi connectivity index (χ0v) is 11.3. The summed E-state index contributed by atoms with van der Waals surface area (Å²) in [6.45, 7) is 6.62. The van der Waals surface area contributed by atoms with Crippen molar-refractivity contribution in [2.24, 2.45) is 0 Å². The van der Waals surface area contributed by atoms with Crippen molar-refractivity contribution in [3.05, 3.63) is 35.4 Å². The monoisotopic (exact) mass is 247 g/mol. The number of carboxylic acids is 1. The van der Waals surface area contributed by atoms with Crippen molar-refractivity contribution in [2.75, 3.05) is 6.54 Å². The molecule has 1 saturated carbocycles. The number of benzene rings is 1. The highest BCUT2D eigenvalue weighted by Crippen LogP contribution is 2.39. The van der Waals surface area contributed by atoms with Crippen molar-refractivity contribution in [2.45, 2.75) is 45.2 Å². The summed E-state index contributed by atoms with van der Waals surface area (Å²) in [5.41, 5.74) is 1.04. The zero-order valence-electron chi connectivity index (χ0n) is 11.3. The van der Waals surface area contributed by atoms with E-state index in [0.29, 0.717) is 6.04 Å². The molecule has 0 radical (unpaired) electrons. The highest BCUT2D eigenvalue weighted by molar-refractivity contribution is 5.81. The minimum atomic E-state index is -0.915. The number of rotatable bonds is 5. The van der Waals surface area contributed by atoms with Crippen molar-refractivity contribution in [1.82, 2.24) is 4.90 Å². The highest BCUT2D eigenvalue weighted by Gasteiger charge is 2.47. The topological polar surface area (TPSA) is 40.5 Å². The van der Waals surface area contributed by atoms with Gasteiger partial charge in [0.05, 0.1) is 0 Å². The van der Waals surface area contributed by atoms with Gasteiger partial charge in [-0.2, -0.15) is 0 Å². The Hall–Kier alpha value is -1.35. The number of nitrogens with zero attached hydrogens (tertiary/aromatic N) is 1. The Morgan fingerprint density at radius 1 is 1.44 bits per heavy atom. The van der Waals surface area contributed by atoms with Crippen LogP contribution in [0.15, 0.2) is 24.3 Å². The van der Waals surface area contributed by atoms with Gasteiger partial charge in [0.1, 0.15) is 5.54 Å². The first-order valence-corrected chi connectivity index (χ1v) is 6.58. The molecular formula is C15H21NO2. The van der Waals surface area contributed by atoms with Gasteiger partial charge in [-0.3, -0.25) is 4.90 Å². The molecule has 1 unspecified atom stereocenters. The molecule has 1 N–H and O–H groups in total. The Kier molecular flexibility index (Phi) is 3.44. The maximum Gasteiger partial charge on any atom is 0.328 e. The molecule has 0 aromatic heterocycles. The third-order valence-corrected chi connectivity index (χ3v) is 3.99. The van der Waals surface area contributed by atoms with Crippen LogP contribution in [0, 0.1) is 6.92 Å². The van der Waals surface area contributed by atoms with Crippen molar-refractivity contribution < 1.29 is 9.90 Å². The van der Waals surface area contributed by atoms with Crippen LogP contribution in [-0.2, 0) is 10.3 Å². The largest absolute Gasteiger partial charge is 0.480 e. The first kappa shape index (κ1) is 13.1. The molecule has 0 amide bonds. The van der Waals surface area contributed by atoms with E-state index in [2.05, 4.69) is 4.90 Å². The van der Waals surface area contributed by atoms with Crippen molar-refractivity contribution in [3.63, 3.8) is 0 Å². The second-order valence-corrected chi connectivity index (χ2v) is 5.21. The van der Waals surface area contributed by atoms with E-state index in [-0.39, 0.29) is 0 Å². The molecule has 1 aromatic carbocycles. The molecule has 0 saturated heterocycles. The molecule has 1 aromatic rings. The number of carbonyl (C=O) groups is 1. The van der Waals surface area contributed by atoms with E-state index in [0.717, 1.165) is 30.5 Å². The van der Waals surface area contributed by atoms with Crippen LogP contribution in [0.2, 0.25) is 0 Å². The van der Waals surface area contributed by atoms with Crippen LogP contribution < -0.4 is 0 Å². The second-order valence-electron chi connectivity index (χ2n) is 5.21. The molecule has 1 aliphatic carbocycles. The lowest BCUT2D eigenvalue weighted by Gasteiger charge is -2.38. The van der Waals surface area contributed by atoms with Crippen LogP contribution >= 0.6 is 0 Å². The van der Waals surface area contributed by atoms with Gasteiger partial charge in [0.25, 0.3) is 0 Å². The summed E-state index contributed by atoms with van der Waals surface area (Å²) in [6.07, 6.45) is 2.23. The lowest BCUT2D eigenvalue weighted by molar-refractivity contribution is -0.151. The number of hydrogen-bond acceptors (Lipinski definition) is 2. The van der Waals surface area contributed by atoms with E-state index >= 15 is 0 Å². The Labute approximate surface area is 108 Å². The normalized spacial score (nSPS) is 18.7. The summed E-state index contributed by atoms with van der Waals surface area (Å²) < 4.78 is 0. The Balaban J connectivity index is 2.49. The van der Waals surface area contributed by atoms with Crippen LogP contribution in [0.25, 0.3) is 0 Å². The fraction of sp³-hybridized carbons (Fsp3) is 0.533. The molecule has 3 heteroatoms.